The van der Waals surface area contributed by atoms with Gasteiger partial charge in [0, 0.05) is 24.2 Å². The molecule has 4 unspecified atom stereocenters. The third kappa shape index (κ3) is 0.542. The van der Waals surface area contributed by atoms with Crippen LogP contribution in [0.3, 0.4) is 0 Å². The first-order valence-corrected chi connectivity index (χ1v) is 4.52. The second-order valence-electron chi connectivity index (χ2n) is 4.05. The van der Waals surface area contributed by atoms with Gasteiger partial charge in [-0.05, 0) is 12.3 Å². The molecular formula is C10H10O2. The van der Waals surface area contributed by atoms with Gasteiger partial charge in [-0.3, -0.25) is 9.59 Å². The summed E-state index contributed by atoms with van der Waals surface area (Å²) in [6.07, 6.45) is 5.49. The highest BCUT2D eigenvalue weighted by Crippen LogP contribution is 2.52. The highest BCUT2D eigenvalue weighted by molar-refractivity contribution is 6.03. The molecule has 3 aliphatic rings. The first-order valence-electron chi connectivity index (χ1n) is 4.52. The first kappa shape index (κ1) is 6.58. The van der Waals surface area contributed by atoms with Gasteiger partial charge in [-0.1, -0.05) is 12.2 Å². The van der Waals surface area contributed by atoms with Gasteiger partial charge in [-0.25, -0.2) is 0 Å². The van der Waals surface area contributed by atoms with E-state index in [1.54, 1.807) is 0 Å². The molecule has 0 N–H and O–H groups in total. The number of ketones is 2. The van der Waals surface area contributed by atoms with Crippen LogP contribution in [0.15, 0.2) is 12.2 Å². The van der Waals surface area contributed by atoms with E-state index in [0.717, 1.165) is 6.42 Å². The van der Waals surface area contributed by atoms with Crippen LogP contribution in [0.5, 0.6) is 0 Å². The Morgan fingerprint density at radius 2 is 2.08 bits per heavy atom. The van der Waals surface area contributed by atoms with Gasteiger partial charge in [-0.15, -0.1) is 0 Å². The third-order valence-corrected chi connectivity index (χ3v) is 3.58. The third-order valence-electron chi connectivity index (χ3n) is 3.58. The summed E-state index contributed by atoms with van der Waals surface area (Å²) in [6.45, 7) is 0. The highest BCUT2D eigenvalue weighted by atomic mass is 16.1. The van der Waals surface area contributed by atoms with Crippen molar-refractivity contribution in [2.45, 2.75) is 12.8 Å². The number of hydrogen-bond donors (Lipinski definition) is 0. The molecule has 2 saturated carbocycles. The molecule has 0 radical (unpaired) electrons. The van der Waals surface area contributed by atoms with E-state index in [2.05, 4.69) is 12.2 Å². The van der Waals surface area contributed by atoms with Crippen molar-refractivity contribution >= 4 is 11.6 Å². The first-order chi connectivity index (χ1) is 5.79. The van der Waals surface area contributed by atoms with Crippen molar-refractivity contribution in [3.05, 3.63) is 12.2 Å². The average molecular weight is 162 g/mol. The van der Waals surface area contributed by atoms with Gasteiger partial charge in [0.15, 0.2) is 0 Å². The van der Waals surface area contributed by atoms with Crippen molar-refractivity contribution in [1.82, 2.24) is 0 Å². The molecule has 0 aromatic rings. The maximum Gasteiger partial charge on any atom is 0.141 e. The van der Waals surface area contributed by atoms with E-state index >= 15 is 0 Å². The van der Waals surface area contributed by atoms with Crippen LogP contribution < -0.4 is 0 Å². The molecule has 3 rings (SSSR count). The zero-order valence-electron chi connectivity index (χ0n) is 6.69. The van der Waals surface area contributed by atoms with Crippen molar-refractivity contribution in [1.29, 1.82) is 0 Å². The van der Waals surface area contributed by atoms with Crippen LogP contribution >= 0.6 is 0 Å². The van der Waals surface area contributed by atoms with Crippen LogP contribution in [0.4, 0.5) is 0 Å². The molecule has 0 heterocycles. The fourth-order valence-electron chi connectivity index (χ4n) is 3.09. The van der Waals surface area contributed by atoms with Gasteiger partial charge in [0.05, 0.1) is 0 Å². The molecule has 0 amide bonds. The Morgan fingerprint density at radius 3 is 2.75 bits per heavy atom. The van der Waals surface area contributed by atoms with E-state index < -0.39 is 0 Å². The van der Waals surface area contributed by atoms with Gasteiger partial charge >= 0.3 is 0 Å². The van der Waals surface area contributed by atoms with Crippen molar-refractivity contribution in [3.8, 4) is 0 Å². The molecular weight excluding hydrogens is 152 g/mol. The molecule has 2 fully saturated rings. The number of Topliss-reactive ketones (excluding diaryl/α,β-unsaturated/α-hetero) is 2. The Morgan fingerprint density at radius 1 is 1.25 bits per heavy atom. The van der Waals surface area contributed by atoms with Gasteiger partial charge in [0.1, 0.15) is 11.6 Å². The monoisotopic (exact) mass is 162 g/mol. The van der Waals surface area contributed by atoms with E-state index in [-0.39, 0.29) is 23.7 Å². The fraction of sp³-hybridized carbons (Fsp3) is 0.600. The summed E-state index contributed by atoms with van der Waals surface area (Å²) in [5.74, 6) is 1.17. The number of carbonyl (C=O) groups is 2. The molecule has 62 valence electrons. The van der Waals surface area contributed by atoms with Crippen molar-refractivity contribution in [3.63, 3.8) is 0 Å². The maximum absolute atomic E-state index is 11.6. The molecule has 0 aromatic heterocycles. The standard InChI is InChI=1S/C10H10O2/c11-8-4-7-5-2-1-3-6(9(5)8)10(7)12/h1-2,5-7,9H,3-4H2. The molecule has 3 aliphatic carbocycles. The Hall–Kier alpha value is -0.920. The Kier molecular flexibility index (Phi) is 1.03. The van der Waals surface area contributed by atoms with E-state index in [1.165, 1.54) is 0 Å². The fourth-order valence-corrected chi connectivity index (χ4v) is 3.09. The van der Waals surface area contributed by atoms with Gasteiger partial charge in [0.2, 0.25) is 0 Å². The molecule has 2 heteroatoms. The summed E-state index contributed by atoms with van der Waals surface area (Å²) in [5.41, 5.74) is 0. The number of carbonyl (C=O) groups excluding carboxylic acids is 2. The van der Waals surface area contributed by atoms with E-state index in [4.69, 9.17) is 0 Å². The minimum absolute atomic E-state index is 0.0613. The second kappa shape index (κ2) is 1.87. The lowest BCUT2D eigenvalue weighted by atomic mass is 9.81. The summed E-state index contributed by atoms with van der Waals surface area (Å²) >= 11 is 0. The lowest BCUT2D eigenvalue weighted by molar-refractivity contribution is -0.133. The molecule has 4 atom stereocenters. The summed E-state index contributed by atoms with van der Waals surface area (Å²) in [5, 5.41) is 0. The predicted octanol–water partition coefficient (Wildman–Crippen LogP) is 0.967. The lowest BCUT2D eigenvalue weighted by Crippen LogP contribution is -2.28. The maximum atomic E-state index is 11.6. The number of allylic oxidation sites excluding steroid dienone is 2. The summed E-state index contributed by atoms with van der Waals surface area (Å²) in [4.78, 5) is 23.0. The topological polar surface area (TPSA) is 34.1 Å². The molecule has 2 nitrogen and oxygen atoms in total. The zero-order chi connectivity index (χ0) is 8.29. The van der Waals surface area contributed by atoms with Crippen molar-refractivity contribution in [2.75, 3.05) is 0 Å². The minimum atomic E-state index is 0.0613. The van der Waals surface area contributed by atoms with E-state index in [9.17, 15) is 9.59 Å². The summed E-state index contributed by atoms with van der Waals surface area (Å²) in [6, 6.07) is 0. The van der Waals surface area contributed by atoms with Crippen LogP contribution in [0, 0.1) is 23.7 Å². The smallest absolute Gasteiger partial charge is 0.141 e. The van der Waals surface area contributed by atoms with Crippen molar-refractivity contribution in [2.24, 2.45) is 23.7 Å². The van der Waals surface area contributed by atoms with Crippen LogP contribution in [-0.4, -0.2) is 11.6 Å². The Balaban J connectivity index is 2.14. The summed E-state index contributed by atoms with van der Waals surface area (Å²) < 4.78 is 0. The van der Waals surface area contributed by atoms with Crippen molar-refractivity contribution < 1.29 is 9.59 Å². The summed E-state index contributed by atoms with van der Waals surface area (Å²) in [7, 11) is 0. The van der Waals surface area contributed by atoms with Gasteiger partial charge in [-0.2, -0.15) is 0 Å². The predicted molar refractivity (Wildman–Crippen MR) is 42.3 cm³/mol. The number of hydrogen-bond acceptors (Lipinski definition) is 2. The quantitative estimate of drug-likeness (QED) is 0.497. The SMILES string of the molecule is O=C1C2CC(=O)C3C1CC=CC23. The van der Waals surface area contributed by atoms with Crippen LogP contribution in [0.25, 0.3) is 0 Å². The molecule has 0 spiro atoms. The van der Waals surface area contributed by atoms with E-state index in [0.29, 0.717) is 18.0 Å². The van der Waals surface area contributed by atoms with Crippen LogP contribution in [0.1, 0.15) is 12.8 Å². The van der Waals surface area contributed by atoms with Crippen LogP contribution in [-0.2, 0) is 9.59 Å². The van der Waals surface area contributed by atoms with Gasteiger partial charge < -0.3 is 0 Å². The van der Waals surface area contributed by atoms with E-state index in [1.807, 2.05) is 0 Å². The highest BCUT2D eigenvalue weighted by Gasteiger charge is 2.58. The largest absolute Gasteiger partial charge is 0.299 e. The zero-order valence-corrected chi connectivity index (χ0v) is 6.69. The average Bonchev–Trinajstić information content (AvgIpc) is 2.48. The Bertz CT molecular complexity index is 299. The molecule has 0 aromatic carbocycles. The number of rotatable bonds is 0. The molecule has 4 bridgehead atoms. The van der Waals surface area contributed by atoms with Gasteiger partial charge in [0.25, 0.3) is 0 Å². The lowest BCUT2D eigenvalue weighted by Gasteiger charge is -2.20. The van der Waals surface area contributed by atoms with Crippen LogP contribution in [0.2, 0.25) is 0 Å². The minimum Gasteiger partial charge on any atom is -0.299 e. The Labute approximate surface area is 70.6 Å². The molecule has 12 heavy (non-hydrogen) atoms. The second-order valence-corrected chi connectivity index (χ2v) is 4.05. The normalized spacial score (nSPS) is 49.0. The molecule has 0 aliphatic heterocycles. The molecule has 0 saturated heterocycles.